The van der Waals surface area contributed by atoms with Crippen LogP contribution in [0, 0.1) is 0 Å². The van der Waals surface area contributed by atoms with Gasteiger partial charge in [-0.15, -0.1) is 0 Å². The molecule has 0 aliphatic heterocycles. The Hall–Kier alpha value is -1.81. The summed E-state index contributed by atoms with van der Waals surface area (Å²) in [5, 5.41) is 7.71. The van der Waals surface area contributed by atoms with Crippen molar-refractivity contribution in [3.05, 3.63) is 47.8 Å². The predicted molar refractivity (Wildman–Crippen MR) is 85.6 cm³/mol. The van der Waals surface area contributed by atoms with Crippen LogP contribution in [0.2, 0.25) is 0 Å². The molecule has 2 rings (SSSR count). The smallest absolute Gasteiger partial charge is 0.119 e. The lowest BCUT2D eigenvalue weighted by atomic mass is 10.0. The quantitative estimate of drug-likeness (QED) is 0.756. The van der Waals surface area contributed by atoms with Crippen molar-refractivity contribution in [1.82, 2.24) is 15.1 Å². The maximum Gasteiger partial charge on any atom is 0.119 e. The number of hydrogen-bond acceptors (Lipinski definition) is 3. The fourth-order valence-corrected chi connectivity index (χ4v) is 2.43. The lowest BCUT2D eigenvalue weighted by Gasteiger charge is -2.18. The molecule has 21 heavy (non-hydrogen) atoms. The summed E-state index contributed by atoms with van der Waals surface area (Å²) in [6.45, 7) is 5.93. The van der Waals surface area contributed by atoms with Crippen LogP contribution in [0.5, 0.6) is 5.75 Å². The van der Waals surface area contributed by atoms with Crippen LogP contribution >= 0.6 is 0 Å². The fraction of sp³-hybridized carbons (Fsp3) is 0.471. The summed E-state index contributed by atoms with van der Waals surface area (Å²) in [6.07, 6.45) is 4.10. The summed E-state index contributed by atoms with van der Waals surface area (Å²) in [5.74, 6) is 0.936. The second-order valence-electron chi connectivity index (χ2n) is 5.06. The lowest BCUT2D eigenvalue weighted by molar-refractivity contribution is 0.309. The topological polar surface area (TPSA) is 39.1 Å². The molecule has 1 N–H and O–H groups in total. The highest BCUT2D eigenvalue weighted by Crippen LogP contribution is 2.23. The summed E-state index contributed by atoms with van der Waals surface area (Å²) in [5.41, 5.74) is 2.40. The van der Waals surface area contributed by atoms with Crippen molar-refractivity contribution in [2.45, 2.75) is 39.3 Å². The van der Waals surface area contributed by atoms with E-state index in [1.807, 2.05) is 30.1 Å². The number of ether oxygens (including phenoxy) is 1. The summed E-state index contributed by atoms with van der Waals surface area (Å²) < 4.78 is 7.73. The van der Waals surface area contributed by atoms with Crippen molar-refractivity contribution in [2.24, 2.45) is 0 Å². The summed E-state index contributed by atoms with van der Waals surface area (Å²) in [4.78, 5) is 0. The molecule has 0 amide bonds. The number of hydrogen-bond donors (Lipinski definition) is 1. The molecule has 1 aromatic carbocycles. The van der Waals surface area contributed by atoms with Crippen LogP contribution in [0.4, 0.5) is 0 Å². The summed E-state index contributed by atoms with van der Waals surface area (Å²) in [7, 11) is 1.98. The van der Waals surface area contributed by atoms with E-state index in [9.17, 15) is 0 Å². The van der Waals surface area contributed by atoms with Crippen LogP contribution < -0.4 is 10.1 Å². The van der Waals surface area contributed by atoms with Crippen LogP contribution in [-0.2, 0) is 6.54 Å². The van der Waals surface area contributed by atoms with Gasteiger partial charge in [-0.05, 0) is 44.2 Å². The van der Waals surface area contributed by atoms with Crippen LogP contribution in [0.15, 0.2) is 36.5 Å². The molecule has 1 heterocycles. The van der Waals surface area contributed by atoms with Crippen molar-refractivity contribution >= 4 is 0 Å². The van der Waals surface area contributed by atoms with Crippen molar-refractivity contribution in [2.75, 3.05) is 13.7 Å². The van der Waals surface area contributed by atoms with Gasteiger partial charge in [0.2, 0.25) is 0 Å². The minimum absolute atomic E-state index is 0.150. The predicted octanol–water partition coefficient (Wildman–Crippen LogP) is 3.39. The zero-order valence-corrected chi connectivity index (χ0v) is 13.2. The van der Waals surface area contributed by atoms with E-state index in [0.29, 0.717) is 0 Å². The molecule has 0 bridgehead atoms. The number of rotatable bonds is 8. The monoisotopic (exact) mass is 287 g/mol. The van der Waals surface area contributed by atoms with Gasteiger partial charge in [0.25, 0.3) is 0 Å². The van der Waals surface area contributed by atoms with Gasteiger partial charge in [0.15, 0.2) is 0 Å². The molecule has 2 aromatic rings. The van der Waals surface area contributed by atoms with E-state index in [0.717, 1.165) is 31.7 Å². The van der Waals surface area contributed by atoms with Gasteiger partial charge in [-0.2, -0.15) is 5.10 Å². The molecule has 0 radical (unpaired) electrons. The Balaban J connectivity index is 2.12. The first-order valence-corrected chi connectivity index (χ1v) is 7.71. The Bertz CT molecular complexity index is 533. The van der Waals surface area contributed by atoms with E-state index in [1.54, 1.807) is 0 Å². The van der Waals surface area contributed by atoms with Gasteiger partial charge in [0.1, 0.15) is 5.75 Å². The standard InChI is InChI=1S/C17H25N3O/c1-4-6-13-21-15-9-7-14(8-10-15)17(18-3)16-11-12-19-20(16)5-2/h7-12,17-18H,4-6,13H2,1-3H3. The van der Waals surface area contributed by atoms with E-state index in [-0.39, 0.29) is 6.04 Å². The molecule has 4 heteroatoms. The van der Waals surface area contributed by atoms with Crippen LogP contribution in [-0.4, -0.2) is 23.4 Å². The van der Waals surface area contributed by atoms with Gasteiger partial charge < -0.3 is 10.1 Å². The Morgan fingerprint density at radius 3 is 2.57 bits per heavy atom. The van der Waals surface area contributed by atoms with Gasteiger partial charge >= 0.3 is 0 Å². The minimum atomic E-state index is 0.150. The SMILES string of the molecule is CCCCOc1ccc(C(NC)c2ccnn2CC)cc1. The number of aryl methyl sites for hydroxylation is 1. The summed E-state index contributed by atoms with van der Waals surface area (Å²) >= 11 is 0. The molecular weight excluding hydrogens is 262 g/mol. The zero-order chi connectivity index (χ0) is 15.1. The second kappa shape index (κ2) is 7.84. The molecule has 1 unspecified atom stereocenters. The normalized spacial score (nSPS) is 12.3. The minimum Gasteiger partial charge on any atom is -0.494 e. The lowest BCUT2D eigenvalue weighted by Crippen LogP contribution is -2.21. The Morgan fingerprint density at radius 1 is 1.19 bits per heavy atom. The first kappa shape index (κ1) is 15.6. The van der Waals surface area contributed by atoms with E-state index >= 15 is 0 Å². The summed E-state index contributed by atoms with van der Waals surface area (Å²) in [6, 6.07) is 10.5. The highest BCUT2D eigenvalue weighted by atomic mass is 16.5. The van der Waals surface area contributed by atoms with E-state index in [2.05, 4.69) is 42.5 Å². The number of aromatic nitrogens is 2. The number of benzene rings is 1. The Labute approximate surface area is 127 Å². The third kappa shape index (κ3) is 3.85. The molecule has 0 fully saturated rings. The van der Waals surface area contributed by atoms with Crippen molar-refractivity contribution in [1.29, 1.82) is 0 Å². The molecule has 0 spiro atoms. The molecule has 4 nitrogen and oxygen atoms in total. The largest absolute Gasteiger partial charge is 0.494 e. The number of nitrogens with zero attached hydrogens (tertiary/aromatic N) is 2. The maximum atomic E-state index is 5.71. The van der Waals surface area contributed by atoms with Crippen LogP contribution in [0.25, 0.3) is 0 Å². The van der Waals surface area contributed by atoms with E-state index in [1.165, 1.54) is 11.3 Å². The van der Waals surface area contributed by atoms with E-state index < -0.39 is 0 Å². The highest BCUT2D eigenvalue weighted by molar-refractivity contribution is 5.33. The van der Waals surface area contributed by atoms with Gasteiger partial charge in [0, 0.05) is 12.7 Å². The van der Waals surface area contributed by atoms with Gasteiger partial charge in [-0.3, -0.25) is 4.68 Å². The average Bonchev–Trinajstić information content (AvgIpc) is 2.98. The first-order valence-electron chi connectivity index (χ1n) is 7.71. The first-order chi connectivity index (χ1) is 10.3. The van der Waals surface area contributed by atoms with E-state index in [4.69, 9.17) is 4.74 Å². The third-order valence-corrected chi connectivity index (χ3v) is 3.61. The van der Waals surface area contributed by atoms with Gasteiger partial charge in [0.05, 0.1) is 18.3 Å². The molecule has 0 aliphatic rings. The molecule has 0 aliphatic carbocycles. The molecule has 1 aromatic heterocycles. The Morgan fingerprint density at radius 2 is 1.95 bits per heavy atom. The average molecular weight is 287 g/mol. The molecule has 0 saturated carbocycles. The number of unbranched alkanes of at least 4 members (excludes halogenated alkanes) is 1. The number of nitrogens with one attached hydrogen (secondary N) is 1. The van der Waals surface area contributed by atoms with Crippen LogP contribution in [0.1, 0.15) is 44.0 Å². The van der Waals surface area contributed by atoms with Gasteiger partial charge in [-0.25, -0.2) is 0 Å². The van der Waals surface area contributed by atoms with Crippen molar-refractivity contribution < 1.29 is 4.74 Å². The van der Waals surface area contributed by atoms with Gasteiger partial charge in [-0.1, -0.05) is 25.5 Å². The molecule has 114 valence electrons. The Kier molecular flexibility index (Phi) is 5.81. The zero-order valence-electron chi connectivity index (χ0n) is 13.2. The fourth-order valence-electron chi connectivity index (χ4n) is 2.43. The van der Waals surface area contributed by atoms with Crippen molar-refractivity contribution in [3.63, 3.8) is 0 Å². The van der Waals surface area contributed by atoms with Crippen molar-refractivity contribution in [3.8, 4) is 5.75 Å². The third-order valence-electron chi connectivity index (χ3n) is 3.61. The second-order valence-corrected chi connectivity index (χ2v) is 5.06. The molecule has 0 saturated heterocycles. The molecular formula is C17H25N3O. The molecule has 1 atom stereocenters. The highest BCUT2D eigenvalue weighted by Gasteiger charge is 2.15. The maximum absolute atomic E-state index is 5.71. The van der Waals surface area contributed by atoms with Crippen LogP contribution in [0.3, 0.4) is 0 Å².